The molecule has 0 saturated heterocycles. The summed E-state index contributed by atoms with van der Waals surface area (Å²) in [5, 5.41) is 0. The molecule has 18 heavy (non-hydrogen) atoms. The second-order valence-electron chi connectivity index (χ2n) is 5.14. The molecule has 2 unspecified atom stereocenters. The minimum Gasteiger partial charge on any atom is -0.330 e. The van der Waals surface area contributed by atoms with Crippen LogP contribution in [0.4, 0.5) is 0 Å². The van der Waals surface area contributed by atoms with Crippen molar-refractivity contribution >= 4 is 0 Å². The van der Waals surface area contributed by atoms with Crippen molar-refractivity contribution in [2.45, 2.75) is 40.0 Å². The molecular weight excluding hydrogens is 222 g/mol. The van der Waals surface area contributed by atoms with Crippen molar-refractivity contribution in [3.05, 3.63) is 22.8 Å². The Morgan fingerprint density at radius 1 is 1.11 bits per heavy atom. The first kappa shape index (κ1) is 15.4. The van der Waals surface area contributed by atoms with Gasteiger partial charge in [-0.3, -0.25) is 0 Å². The molecule has 0 heterocycles. The van der Waals surface area contributed by atoms with E-state index in [0.717, 1.165) is 19.3 Å². The zero-order valence-electron chi connectivity index (χ0n) is 12.1. The number of hydrogen-bond donors (Lipinski definition) is 3. The molecular formula is C15H29N3. The number of hydrogen-bond acceptors (Lipinski definition) is 3. The topological polar surface area (TPSA) is 78.1 Å². The van der Waals surface area contributed by atoms with Gasteiger partial charge in [-0.15, -0.1) is 0 Å². The van der Waals surface area contributed by atoms with Crippen molar-refractivity contribution in [1.29, 1.82) is 0 Å². The van der Waals surface area contributed by atoms with Gasteiger partial charge in [-0.05, 0) is 37.0 Å². The predicted octanol–water partition coefficient (Wildman–Crippen LogP) is 1.93. The maximum absolute atomic E-state index is 6.14. The zero-order chi connectivity index (χ0) is 13.8. The van der Waals surface area contributed by atoms with E-state index in [1.165, 1.54) is 16.7 Å². The zero-order valence-corrected chi connectivity index (χ0v) is 12.1. The third kappa shape index (κ3) is 2.27. The SMILES string of the molecule is CCC1=CC(CC)=C(CN)C(CC)(CN)C1CN. The van der Waals surface area contributed by atoms with Crippen LogP contribution in [0.5, 0.6) is 0 Å². The quantitative estimate of drug-likeness (QED) is 0.675. The van der Waals surface area contributed by atoms with E-state index in [0.29, 0.717) is 25.6 Å². The fraction of sp³-hybridized carbons (Fsp3) is 0.733. The van der Waals surface area contributed by atoms with E-state index in [1.54, 1.807) is 0 Å². The highest BCUT2D eigenvalue weighted by atomic mass is 14.7. The Morgan fingerprint density at radius 3 is 2.11 bits per heavy atom. The van der Waals surface area contributed by atoms with E-state index in [1.807, 2.05) is 0 Å². The van der Waals surface area contributed by atoms with Crippen molar-refractivity contribution < 1.29 is 0 Å². The van der Waals surface area contributed by atoms with Gasteiger partial charge in [0.15, 0.2) is 0 Å². The van der Waals surface area contributed by atoms with Crippen LogP contribution in [-0.4, -0.2) is 19.6 Å². The van der Waals surface area contributed by atoms with Crippen LogP contribution in [0.25, 0.3) is 0 Å². The summed E-state index contributed by atoms with van der Waals surface area (Å²) in [5.41, 5.74) is 22.3. The Labute approximate surface area is 111 Å². The highest BCUT2D eigenvalue weighted by molar-refractivity contribution is 5.42. The second-order valence-corrected chi connectivity index (χ2v) is 5.14. The molecule has 3 nitrogen and oxygen atoms in total. The molecule has 0 aromatic heterocycles. The normalized spacial score (nSPS) is 28.6. The Hall–Kier alpha value is -0.640. The summed E-state index contributed by atoms with van der Waals surface area (Å²) in [6.07, 6.45) is 5.40. The van der Waals surface area contributed by atoms with Gasteiger partial charge >= 0.3 is 0 Å². The fourth-order valence-electron chi connectivity index (χ4n) is 3.54. The summed E-state index contributed by atoms with van der Waals surface area (Å²) in [6, 6.07) is 0. The standard InChI is InChI=1S/C15H29N3/c1-4-11-7-12(5-2)14(9-17)15(6-3,10-18)13(11)8-16/h7,13H,4-6,8-10,16-18H2,1-3H3. The van der Waals surface area contributed by atoms with Gasteiger partial charge in [-0.2, -0.15) is 0 Å². The van der Waals surface area contributed by atoms with E-state index in [9.17, 15) is 0 Å². The van der Waals surface area contributed by atoms with Gasteiger partial charge in [-0.25, -0.2) is 0 Å². The van der Waals surface area contributed by atoms with Gasteiger partial charge in [0.25, 0.3) is 0 Å². The molecule has 0 amide bonds. The molecule has 1 aliphatic carbocycles. The molecule has 0 spiro atoms. The molecule has 1 rings (SSSR count). The summed E-state index contributed by atoms with van der Waals surface area (Å²) < 4.78 is 0. The van der Waals surface area contributed by atoms with E-state index in [2.05, 4.69) is 26.8 Å². The van der Waals surface area contributed by atoms with E-state index in [-0.39, 0.29) is 5.41 Å². The van der Waals surface area contributed by atoms with Crippen molar-refractivity contribution in [2.75, 3.05) is 19.6 Å². The first-order valence-electron chi connectivity index (χ1n) is 7.18. The van der Waals surface area contributed by atoms with Crippen LogP contribution in [-0.2, 0) is 0 Å². The monoisotopic (exact) mass is 251 g/mol. The van der Waals surface area contributed by atoms with E-state index in [4.69, 9.17) is 17.2 Å². The van der Waals surface area contributed by atoms with Gasteiger partial charge in [-0.1, -0.05) is 32.4 Å². The number of allylic oxidation sites excluding steroid dienone is 2. The van der Waals surface area contributed by atoms with Gasteiger partial charge < -0.3 is 17.2 Å². The molecule has 0 aromatic carbocycles. The van der Waals surface area contributed by atoms with Gasteiger partial charge in [0.2, 0.25) is 0 Å². The molecule has 104 valence electrons. The first-order valence-corrected chi connectivity index (χ1v) is 7.18. The average Bonchev–Trinajstić information content (AvgIpc) is 2.44. The molecule has 3 heteroatoms. The molecule has 1 aliphatic rings. The molecule has 0 bridgehead atoms. The Bertz CT molecular complexity index is 338. The Morgan fingerprint density at radius 2 is 1.78 bits per heavy atom. The summed E-state index contributed by atoms with van der Waals surface area (Å²) in [5.74, 6) is 0.353. The van der Waals surface area contributed by atoms with Crippen LogP contribution in [0, 0.1) is 11.3 Å². The number of nitrogens with two attached hydrogens (primary N) is 3. The average molecular weight is 251 g/mol. The first-order chi connectivity index (χ1) is 8.64. The summed E-state index contributed by atoms with van der Waals surface area (Å²) in [4.78, 5) is 0. The number of rotatable bonds is 6. The van der Waals surface area contributed by atoms with E-state index >= 15 is 0 Å². The largest absolute Gasteiger partial charge is 0.330 e. The molecule has 2 atom stereocenters. The van der Waals surface area contributed by atoms with Crippen molar-refractivity contribution in [3.8, 4) is 0 Å². The summed E-state index contributed by atoms with van der Waals surface area (Å²) in [7, 11) is 0. The van der Waals surface area contributed by atoms with Crippen molar-refractivity contribution in [3.63, 3.8) is 0 Å². The van der Waals surface area contributed by atoms with Crippen molar-refractivity contribution in [2.24, 2.45) is 28.5 Å². The lowest BCUT2D eigenvalue weighted by Crippen LogP contribution is -2.47. The third-order valence-corrected chi connectivity index (χ3v) is 4.69. The maximum atomic E-state index is 6.14. The lowest BCUT2D eigenvalue weighted by molar-refractivity contribution is 0.234. The molecule has 0 radical (unpaired) electrons. The van der Waals surface area contributed by atoms with E-state index < -0.39 is 0 Å². The van der Waals surface area contributed by atoms with Gasteiger partial charge in [0, 0.05) is 24.4 Å². The van der Waals surface area contributed by atoms with Gasteiger partial charge in [0.05, 0.1) is 0 Å². The van der Waals surface area contributed by atoms with Crippen LogP contribution in [0.15, 0.2) is 22.8 Å². The lowest BCUT2D eigenvalue weighted by atomic mass is 9.60. The molecule has 0 fully saturated rings. The molecule has 6 N–H and O–H groups in total. The minimum atomic E-state index is -0.0189. The second kappa shape index (κ2) is 6.50. The van der Waals surface area contributed by atoms with Crippen molar-refractivity contribution in [1.82, 2.24) is 0 Å². The van der Waals surface area contributed by atoms with Crippen LogP contribution in [0.2, 0.25) is 0 Å². The summed E-state index contributed by atoms with van der Waals surface area (Å²) >= 11 is 0. The Balaban J connectivity index is 3.42. The third-order valence-electron chi connectivity index (χ3n) is 4.69. The molecule has 0 aliphatic heterocycles. The fourth-order valence-corrected chi connectivity index (χ4v) is 3.54. The highest BCUT2D eigenvalue weighted by Crippen LogP contribution is 2.47. The van der Waals surface area contributed by atoms with Crippen LogP contribution in [0.1, 0.15) is 40.0 Å². The molecule has 0 saturated carbocycles. The van der Waals surface area contributed by atoms with Crippen LogP contribution >= 0.6 is 0 Å². The van der Waals surface area contributed by atoms with Gasteiger partial charge in [0.1, 0.15) is 0 Å². The predicted molar refractivity (Wildman–Crippen MR) is 79.1 cm³/mol. The smallest absolute Gasteiger partial charge is 0.0148 e. The highest BCUT2D eigenvalue weighted by Gasteiger charge is 2.42. The van der Waals surface area contributed by atoms with Crippen LogP contribution < -0.4 is 17.2 Å². The lowest BCUT2D eigenvalue weighted by Gasteiger charge is -2.46. The Kier molecular flexibility index (Phi) is 5.57. The molecule has 0 aromatic rings. The summed E-state index contributed by atoms with van der Waals surface area (Å²) in [6.45, 7) is 8.49. The maximum Gasteiger partial charge on any atom is 0.0148 e. The minimum absolute atomic E-state index is 0.0189. The van der Waals surface area contributed by atoms with Crippen LogP contribution in [0.3, 0.4) is 0 Å².